The van der Waals surface area contributed by atoms with Crippen molar-refractivity contribution in [2.45, 2.75) is 24.2 Å². The van der Waals surface area contributed by atoms with Crippen LogP contribution >= 0.6 is 0 Å². The quantitative estimate of drug-likeness (QED) is 0.474. The van der Waals surface area contributed by atoms with Crippen molar-refractivity contribution in [2.75, 3.05) is 0 Å². The Balaban J connectivity index is 2.34. The second kappa shape index (κ2) is 5.73. The number of hydrogen-bond acceptors (Lipinski definition) is 0. The SMILES string of the molecule is CCC[CH2][SnH][F]. The fourth-order valence-electron chi connectivity index (χ4n) is 0.281. The number of rotatable bonds is 3. The molecule has 2 heteroatoms. The third kappa shape index (κ3) is 4.73. The molecule has 6 heavy (non-hydrogen) atoms. The molecule has 1 radical (unpaired) electrons. The zero-order valence-electron chi connectivity index (χ0n) is 4.08. The van der Waals surface area contributed by atoms with Crippen LogP contribution in [-0.2, 0) is 0 Å². The van der Waals surface area contributed by atoms with Crippen LogP contribution in [0.15, 0.2) is 0 Å². The van der Waals surface area contributed by atoms with Crippen LogP contribution in [0.2, 0.25) is 4.44 Å². The summed E-state index contributed by atoms with van der Waals surface area (Å²) in [7, 11) is 0. The molecule has 0 aromatic carbocycles. The summed E-state index contributed by atoms with van der Waals surface area (Å²) in [5.41, 5.74) is 0. The van der Waals surface area contributed by atoms with Crippen LogP contribution in [0.5, 0.6) is 0 Å². The Bertz CT molecular complexity index is 19.5. The van der Waals surface area contributed by atoms with Crippen LogP contribution in [0.3, 0.4) is 0 Å². The van der Waals surface area contributed by atoms with Crippen molar-refractivity contribution >= 4 is 21.7 Å². The molecule has 0 nitrogen and oxygen atoms in total. The molecule has 0 aliphatic carbocycles. The van der Waals surface area contributed by atoms with E-state index in [1.807, 2.05) is 0 Å². The average molecular weight is 196 g/mol. The van der Waals surface area contributed by atoms with Gasteiger partial charge in [-0.1, -0.05) is 0 Å². The van der Waals surface area contributed by atoms with E-state index >= 15 is 0 Å². The summed E-state index contributed by atoms with van der Waals surface area (Å²) in [6, 6.07) is 0. The zero-order chi connectivity index (χ0) is 4.83. The maximum atomic E-state index is 11.4. The Morgan fingerprint density at radius 1 is 1.67 bits per heavy atom. The van der Waals surface area contributed by atoms with E-state index in [4.69, 9.17) is 0 Å². The van der Waals surface area contributed by atoms with Crippen molar-refractivity contribution in [3.8, 4) is 0 Å². The third-order valence-electron chi connectivity index (χ3n) is 0.667. The fourth-order valence-corrected chi connectivity index (χ4v) is 1.89. The van der Waals surface area contributed by atoms with Gasteiger partial charge in [0, 0.05) is 0 Å². The van der Waals surface area contributed by atoms with E-state index in [1.165, 1.54) is 0 Å². The van der Waals surface area contributed by atoms with Gasteiger partial charge in [0.05, 0.1) is 0 Å². The van der Waals surface area contributed by atoms with E-state index < -0.39 is 21.7 Å². The molecule has 37 valence electrons. The molecule has 0 saturated carbocycles. The Labute approximate surface area is 49.1 Å². The first-order chi connectivity index (χ1) is 2.91. The molecular weight excluding hydrogens is 186 g/mol. The molecule has 0 aliphatic heterocycles. The number of unbranched alkanes of at least 4 members (excludes halogenated alkanes) is 1. The van der Waals surface area contributed by atoms with Crippen molar-refractivity contribution in [2.24, 2.45) is 0 Å². The Morgan fingerprint density at radius 2 is 2.33 bits per heavy atom. The first-order valence-electron chi connectivity index (χ1n) is 2.33. The van der Waals surface area contributed by atoms with E-state index in [-0.39, 0.29) is 0 Å². The summed E-state index contributed by atoms with van der Waals surface area (Å²) in [5.74, 6) is 0. The summed E-state index contributed by atoms with van der Waals surface area (Å²) in [6.45, 7) is 2.10. The van der Waals surface area contributed by atoms with Crippen molar-refractivity contribution in [1.82, 2.24) is 0 Å². The van der Waals surface area contributed by atoms with Gasteiger partial charge in [-0.2, -0.15) is 0 Å². The summed E-state index contributed by atoms with van der Waals surface area (Å²) < 4.78 is 12.3. The van der Waals surface area contributed by atoms with Gasteiger partial charge < -0.3 is 0 Å². The summed E-state index contributed by atoms with van der Waals surface area (Å²) in [6.07, 6.45) is 2.29. The number of hydrogen-bond donors (Lipinski definition) is 0. The van der Waals surface area contributed by atoms with E-state index in [0.717, 1.165) is 17.3 Å². The molecule has 0 rings (SSSR count). The van der Waals surface area contributed by atoms with E-state index in [1.54, 1.807) is 0 Å². The van der Waals surface area contributed by atoms with Gasteiger partial charge in [0.2, 0.25) is 0 Å². The van der Waals surface area contributed by atoms with Gasteiger partial charge in [-0.25, -0.2) is 0 Å². The minimum atomic E-state index is -1.45. The standard InChI is InChI=1S/C4H9.FH.Sn.H/c1-3-4-2;;;/h1,3-4H2,2H3;1H;;/q;;+1;/p-1. The monoisotopic (exact) mass is 197 g/mol. The molecular formula is C4H10FSn. The van der Waals surface area contributed by atoms with Crippen molar-refractivity contribution < 1.29 is 2.87 Å². The molecule has 0 saturated heterocycles. The molecule has 0 amide bonds. The molecule has 0 aromatic rings. The van der Waals surface area contributed by atoms with Crippen LogP contribution < -0.4 is 0 Å². The second-order valence-corrected chi connectivity index (χ2v) is 3.83. The van der Waals surface area contributed by atoms with E-state index in [0.29, 0.717) is 0 Å². The first-order valence-corrected chi connectivity index (χ1v) is 5.91. The zero-order valence-corrected chi connectivity index (χ0v) is 7.37. The van der Waals surface area contributed by atoms with Gasteiger partial charge in [0.1, 0.15) is 0 Å². The molecule has 0 aliphatic rings. The number of halogens is 1. The van der Waals surface area contributed by atoms with Crippen LogP contribution in [0.25, 0.3) is 0 Å². The molecule has 0 atom stereocenters. The topological polar surface area (TPSA) is 0 Å². The van der Waals surface area contributed by atoms with Crippen molar-refractivity contribution in [3.05, 3.63) is 0 Å². The summed E-state index contributed by atoms with van der Waals surface area (Å²) in [4.78, 5) is 0. The van der Waals surface area contributed by atoms with Crippen molar-refractivity contribution in [3.63, 3.8) is 0 Å². The molecule has 0 spiro atoms. The van der Waals surface area contributed by atoms with Crippen LogP contribution in [0.4, 0.5) is 2.87 Å². The van der Waals surface area contributed by atoms with Gasteiger partial charge in [0.25, 0.3) is 0 Å². The molecule has 0 unspecified atom stereocenters. The van der Waals surface area contributed by atoms with Gasteiger partial charge in [-0.3, -0.25) is 0 Å². The first kappa shape index (κ1) is 6.73. The Morgan fingerprint density at radius 3 is 2.50 bits per heavy atom. The molecule has 0 bridgehead atoms. The van der Waals surface area contributed by atoms with E-state index in [9.17, 15) is 2.87 Å². The van der Waals surface area contributed by atoms with Gasteiger partial charge in [0.15, 0.2) is 0 Å². The van der Waals surface area contributed by atoms with Crippen LogP contribution in [0.1, 0.15) is 19.8 Å². The van der Waals surface area contributed by atoms with Gasteiger partial charge in [-0.05, 0) is 0 Å². The summed E-state index contributed by atoms with van der Waals surface area (Å²) in [5, 5.41) is 0. The van der Waals surface area contributed by atoms with Crippen LogP contribution in [-0.4, -0.2) is 21.7 Å². The minimum absolute atomic E-state index is 0.937. The van der Waals surface area contributed by atoms with Gasteiger partial charge in [-0.15, -0.1) is 0 Å². The fraction of sp³-hybridized carbons (Fsp3) is 1.00. The third-order valence-corrected chi connectivity index (χ3v) is 2.45. The Kier molecular flexibility index (Phi) is 6.42. The Hall–Kier alpha value is 0.729. The molecule has 0 fully saturated rings. The second-order valence-electron chi connectivity index (χ2n) is 1.30. The predicted molar refractivity (Wildman–Crippen MR) is 28.0 cm³/mol. The van der Waals surface area contributed by atoms with Crippen LogP contribution in [0, 0.1) is 0 Å². The normalized spacial score (nSPS) is 9.00. The maximum absolute atomic E-state index is 11.4. The molecule has 0 N–H and O–H groups in total. The predicted octanol–water partition coefficient (Wildman–Crippen LogP) is 1.53. The molecule has 0 aromatic heterocycles. The van der Waals surface area contributed by atoms with E-state index in [2.05, 4.69) is 6.92 Å². The summed E-state index contributed by atoms with van der Waals surface area (Å²) >= 11 is -1.45. The molecule has 0 heterocycles. The van der Waals surface area contributed by atoms with Gasteiger partial charge >= 0.3 is 48.8 Å². The average Bonchev–Trinajstić information content (AvgIpc) is 1.61. The van der Waals surface area contributed by atoms with Crippen molar-refractivity contribution in [1.29, 1.82) is 0 Å².